The molecule has 0 radical (unpaired) electrons. The van der Waals surface area contributed by atoms with Crippen LogP contribution >= 0.6 is 0 Å². The number of epoxide rings is 1. The van der Waals surface area contributed by atoms with Crippen LogP contribution in [0, 0.1) is 0 Å². The first-order valence-electron chi connectivity index (χ1n) is 2.60. The molecule has 8 heavy (non-hydrogen) atoms. The van der Waals surface area contributed by atoms with Crippen LogP contribution in [0.5, 0.6) is 0 Å². The molecular weight excluding hydrogens is 108 g/mol. The van der Waals surface area contributed by atoms with Crippen LogP contribution in [0.25, 0.3) is 0 Å². The SMILES string of the molecule is NC1OC1NCCO. The van der Waals surface area contributed by atoms with E-state index >= 15 is 0 Å². The fraction of sp³-hybridized carbons (Fsp3) is 1.00. The van der Waals surface area contributed by atoms with Crippen molar-refractivity contribution in [3.8, 4) is 0 Å². The van der Waals surface area contributed by atoms with Gasteiger partial charge in [0, 0.05) is 6.54 Å². The number of ether oxygens (including phenoxy) is 1. The van der Waals surface area contributed by atoms with Gasteiger partial charge in [-0.3, -0.25) is 5.32 Å². The van der Waals surface area contributed by atoms with Crippen molar-refractivity contribution in [3.63, 3.8) is 0 Å². The van der Waals surface area contributed by atoms with Crippen LogP contribution in [0.2, 0.25) is 0 Å². The minimum absolute atomic E-state index is 0.0119. The highest BCUT2D eigenvalue weighted by Gasteiger charge is 2.33. The Labute approximate surface area is 47.6 Å². The molecule has 0 aromatic carbocycles. The quantitative estimate of drug-likeness (QED) is 0.383. The van der Waals surface area contributed by atoms with Gasteiger partial charge in [-0.2, -0.15) is 0 Å². The zero-order valence-corrected chi connectivity index (χ0v) is 4.50. The number of aliphatic hydroxyl groups is 1. The van der Waals surface area contributed by atoms with Crippen molar-refractivity contribution in [2.24, 2.45) is 5.73 Å². The standard InChI is InChI=1S/C4H10N2O2/c5-3-4(8-3)6-1-2-7/h3-4,6-7H,1-2,5H2. The summed E-state index contributed by atoms with van der Waals surface area (Å²) in [5, 5.41) is 11.1. The van der Waals surface area contributed by atoms with Crippen LogP contribution in [0.4, 0.5) is 0 Å². The van der Waals surface area contributed by atoms with Crippen LogP contribution < -0.4 is 11.1 Å². The van der Waals surface area contributed by atoms with Crippen molar-refractivity contribution >= 4 is 0 Å². The number of hydrogen-bond donors (Lipinski definition) is 3. The second-order valence-corrected chi connectivity index (χ2v) is 1.70. The molecule has 0 amide bonds. The lowest BCUT2D eigenvalue weighted by Gasteiger charge is -1.92. The molecule has 0 aromatic rings. The van der Waals surface area contributed by atoms with E-state index in [1.807, 2.05) is 0 Å². The maximum absolute atomic E-state index is 8.27. The number of aliphatic hydroxyl groups excluding tert-OH is 1. The highest BCUT2D eigenvalue weighted by Crippen LogP contribution is 2.10. The molecule has 4 nitrogen and oxygen atoms in total. The molecule has 0 bridgehead atoms. The maximum Gasteiger partial charge on any atom is 0.150 e. The highest BCUT2D eigenvalue weighted by atomic mass is 16.6. The van der Waals surface area contributed by atoms with Crippen molar-refractivity contribution in [2.45, 2.75) is 12.5 Å². The summed E-state index contributed by atoms with van der Waals surface area (Å²) < 4.78 is 4.77. The van der Waals surface area contributed by atoms with Gasteiger partial charge in [-0.25, -0.2) is 0 Å². The summed E-state index contributed by atoms with van der Waals surface area (Å²) in [4.78, 5) is 0. The van der Waals surface area contributed by atoms with Gasteiger partial charge in [-0.05, 0) is 0 Å². The fourth-order valence-electron chi connectivity index (χ4n) is 0.495. The summed E-state index contributed by atoms with van der Waals surface area (Å²) in [6.07, 6.45) is -0.163. The smallest absolute Gasteiger partial charge is 0.150 e. The Kier molecular flexibility index (Phi) is 1.80. The Morgan fingerprint density at radius 1 is 1.75 bits per heavy atom. The third kappa shape index (κ3) is 1.41. The molecule has 1 aliphatic heterocycles. The van der Waals surface area contributed by atoms with Crippen LogP contribution in [-0.2, 0) is 4.74 Å². The first-order chi connectivity index (χ1) is 3.84. The van der Waals surface area contributed by atoms with Crippen LogP contribution in [-0.4, -0.2) is 30.7 Å². The van der Waals surface area contributed by atoms with Crippen molar-refractivity contribution in [1.82, 2.24) is 5.32 Å². The van der Waals surface area contributed by atoms with Gasteiger partial charge < -0.3 is 15.6 Å². The molecule has 0 aromatic heterocycles. The summed E-state index contributed by atoms with van der Waals surface area (Å²) in [6, 6.07) is 0. The number of rotatable bonds is 3. The molecule has 0 aliphatic carbocycles. The molecule has 1 rings (SSSR count). The number of nitrogens with one attached hydrogen (secondary N) is 1. The molecule has 0 saturated carbocycles. The van der Waals surface area contributed by atoms with E-state index in [0.717, 1.165) is 0 Å². The van der Waals surface area contributed by atoms with E-state index in [-0.39, 0.29) is 19.1 Å². The summed E-state index contributed by atoms with van der Waals surface area (Å²) in [5.74, 6) is 0. The van der Waals surface area contributed by atoms with Gasteiger partial charge in [0.25, 0.3) is 0 Å². The van der Waals surface area contributed by atoms with E-state index in [0.29, 0.717) is 6.54 Å². The van der Waals surface area contributed by atoms with Gasteiger partial charge in [0.15, 0.2) is 0 Å². The summed E-state index contributed by atoms with van der Waals surface area (Å²) in [7, 11) is 0. The molecule has 1 saturated heterocycles. The first-order valence-corrected chi connectivity index (χ1v) is 2.60. The number of hydrogen-bond acceptors (Lipinski definition) is 4. The van der Waals surface area contributed by atoms with E-state index in [9.17, 15) is 0 Å². The Balaban J connectivity index is 1.89. The van der Waals surface area contributed by atoms with E-state index in [1.165, 1.54) is 0 Å². The van der Waals surface area contributed by atoms with Crippen LogP contribution in [0.15, 0.2) is 0 Å². The van der Waals surface area contributed by atoms with E-state index in [4.69, 9.17) is 15.6 Å². The molecule has 48 valence electrons. The third-order valence-electron chi connectivity index (χ3n) is 0.983. The average molecular weight is 118 g/mol. The Bertz CT molecular complexity index is 78.4. The Hall–Kier alpha value is -0.160. The zero-order chi connectivity index (χ0) is 5.98. The molecule has 4 heteroatoms. The first kappa shape index (κ1) is 5.97. The van der Waals surface area contributed by atoms with E-state index in [1.54, 1.807) is 0 Å². The average Bonchev–Trinajstić information content (AvgIpc) is 2.42. The second kappa shape index (κ2) is 2.41. The van der Waals surface area contributed by atoms with Gasteiger partial charge in [0.05, 0.1) is 6.61 Å². The van der Waals surface area contributed by atoms with E-state index < -0.39 is 0 Å². The lowest BCUT2D eigenvalue weighted by molar-refractivity contribution is 0.274. The summed E-state index contributed by atoms with van der Waals surface area (Å²) >= 11 is 0. The van der Waals surface area contributed by atoms with Crippen molar-refractivity contribution in [2.75, 3.05) is 13.2 Å². The monoisotopic (exact) mass is 118 g/mol. The van der Waals surface area contributed by atoms with Gasteiger partial charge in [-0.1, -0.05) is 0 Å². The predicted molar refractivity (Wildman–Crippen MR) is 27.9 cm³/mol. The fourth-order valence-corrected chi connectivity index (χ4v) is 0.495. The second-order valence-electron chi connectivity index (χ2n) is 1.70. The largest absolute Gasteiger partial charge is 0.395 e. The lowest BCUT2D eigenvalue weighted by atomic mass is 10.6. The van der Waals surface area contributed by atoms with Gasteiger partial charge in [0.2, 0.25) is 0 Å². The van der Waals surface area contributed by atoms with Crippen LogP contribution in [0.1, 0.15) is 0 Å². The normalized spacial score (nSPS) is 35.2. The lowest BCUT2D eigenvalue weighted by Crippen LogP contribution is -2.25. The number of nitrogens with two attached hydrogens (primary N) is 1. The van der Waals surface area contributed by atoms with Crippen molar-refractivity contribution < 1.29 is 9.84 Å². The molecule has 2 unspecified atom stereocenters. The minimum Gasteiger partial charge on any atom is -0.395 e. The topological polar surface area (TPSA) is 70.8 Å². The molecule has 1 heterocycles. The predicted octanol–water partition coefficient (Wildman–Crippen LogP) is -1.79. The third-order valence-corrected chi connectivity index (χ3v) is 0.983. The van der Waals surface area contributed by atoms with Gasteiger partial charge in [-0.15, -0.1) is 0 Å². The summed E-state index contributed by atoms with van der Waals surface area (Å²) in [6.45, 7) is 0.685. The van der Waals surface area contributed by atoms with Gasteiger partial charge in [0.1, 0.15) is 12.5 Å². The molecule has 4 N–H and O–H groups in total. The minimum atomic E-state index is -0.151. The highest BCUT2D eigenvalue weighted by molar-refractivity contribution is 4.75. The van der Waals surface area contributed by atoms with Crippen molar-refractivity contribution in [1.29, 1.82) is 0 Å². The Morgan fingerprint density at radius 3 is 2.75 bits per heavy atom. The van der Waals surface area contributed by atoms with E-state index in [2.05, 4.69) is 5.32 Å². The molecular formula is C4H10N2O2. The molecule has 1 aliphatic rings. The maximum atomic E-state index is 8.27. The van der Waals surface area contributed by atoms with Crippen LogP contribution in [0.3, 0.4) is 0 Å². The molecule has 1 fully saturated rings. The van der Waals surface area contributed by atoms with Gasteiger partial charge >= 0.3 is 0 Å². The van der Waals surface area contributed by atoms with Crippen molar-refractivity contribution in [3.05, 3.63) is 0 Å². The Morgan fingerprint density at radius 2 is 2.38 bits per heavy atom. The molecule has 2 atom stereocenters. The molecule has 0 spiro atoms. The summed E-state index contributed by atoms with van der Waals surface area (Å²) in [5.41, 5.74) is 5.24. The zero-order valence-electron chi connectivity index (χ0n) is 4.50.